The lowest BCUT2D eigenvalue weighted by Gasteiger charge is -2.18. The average Bonchev–Trinajstić information content (AvgIpc) is 2.90. The highest BCUT2D eigenvalue weighted by Crippen LogP contribution is 2.34. The van der Waals surface area contributed by atoms with Gasteiger partial charge in [0.1, 0.15) is 0 Å². The number of hydrogen-bond donors (Lipinski definition) is 2. The first-order chi connectivity index (χ1) is 9.60. The lowest BCUT2D eigenvalue weighted by molar-refractivity contribution is -0.137. The van der Waals surface area contributed by atoms with Crippen molar-refractivity contribution in [3.05, 3.63) is 23.8 Å². The van der Waals surface area contributed by atoms with Gasteiger partial charge in [-0.25, -0.2) is 0 Å². The standard InChI is InChI=1S/C15H21NO4.ClH/c1-19-13-7-6-10(12(16)9-15(17)18)8-14(13)20-11-4-2-3-5-11;/h6-8,11-12H,2-5,9,16H2,1H3,(H,17,18);1H. The Labute approximate surface area is 130 Å². The lowest BCUT2D eigenvalue weighted by Crippen LogP contribution is -2.16. The van der Waals surface area contributed by atoms with Crippen LogP contribution in [0, 0.1) is 0 Å². The number of hydrogen-bond acceptors (Lipinski definition) is 4. The summed E-state index contributed by atoms with van der Waals surface area (Å²) in [5, 5.41) is 8.81. The Morgan fingerprint density at radius 3 is 2.62 bits per heavy atom. The maximum atomic E-state index is 10.7. The third-order valence-electron chi connectivity index (χ3n) is 3.61. The topological polar surface area (TPSA) is 81.8 Å². The van der Waals surface area contributed by atoms with Crippen LogP contribution in [0.4, 0.5) is 0 Å². The van der Waals surface area contributed by atoms with Gasteiger partial charge in [0, 0.05) is 6.04 Å². The van der Waals surface area contributed by atoms with Gasteiger partial charge in [0.05, 0.1) is 19.6 Å². The summed E-state index contributed by atoms with van der Waals surface area (Å²) < 4.78 is 11.3. The zero-order chi connectivity index (χ0) is 14.5. The molecule has 1 unspecified atom stereocenters. The van der Waals surface area contributed by atoms with Crippen LogP contribution in [0.25, 0.3) is 0 Å². The summed E-state index contributed by atoms with van der Waals surface area (Å²) in [6, 6.07) is 4.82. The summed E-state index contributed by atoms with van der Waals surface area (Å²) in [6.07, 6.45) is 4.59. The molecule has 1 aromatic rings. The van der Waals surface area contributed by atoms with E-state index >= 15 is 0 Å². The van der Waals surface area contributed by atoms with Gasteiger partial charge in [-0.15, -0.1) is 12.4 Å². The van der Waals surface area contributed by atoms with E-state index in [1.807, 2.05) is 0 Å². The highest BCUT2D eigenvalue weighted by molar-refractivity contribution is 5.85. The molecule has 21 heavy (non-hydrogen) atoms. The second kappa shape index (κ2) is 8.10. The molecule has 1 aliphatic carbocycles. The second-order valence-electron chi connectivity index (χ2n) is 5.14. The van der Waals surface area contributed by atoms with E-state index in [4.69, 9.17) is 20.3 Å². The third kappa shape index (κ3) is 4.79. The smallest absolute Gasteiger partial charge is 0.305 e. The molecule has 0 spiro atoms. The van der Waals surface area contributed by atoms with Gasteiger partial charge >= 0.3 is 5.97 Å². The van der Waals surface area contributed by atoms with Crippen molar-refractivity contribution >= 4 is 18.4 Å². The van der Waals surface area contributed by atoms with Gasteiger partial charge in [-0.2, -0.15) is 0 Å². The molecular formula is C15H22ClNO4. The molecule has 6 heteroatoms. The van der Waals surface area contributed by atoms with Crippen molar-refractivity contribution in [1.82, 2.24) is 0 Å². The van der Waals surface area contributed by atoms with Crippen molar-refractivity contribution in [1.29, 1.82) is 0 Å². The van der Waals surface area contributed by atoms with Gasteiger partial charge in [-0.1, -0.05) is 6.07 Å². The zero-order valence-electron chi connectivity index (χ0n) is 12.1. The van der Waals surface area contributed by atoms with Crippen LogP contribution in [0.5, 0.6) is 11.5 Å². The van der Waals surface area contributed by atoms with Crippen LogP contribution in [0.1, 0.15) is 43.7 Å². The quantitative estimate of drug-likeness (QED) is 0.843. The van der Waals surface area contributed by atoms with Gasteiger partial charge in [0.25, 0.3) is 0 Å². The average molecular weight is 316 g/mol. The molecule has 0 radical (unpaired) electrons. The van der Waals surface area contributed by atoms with Crippen LogP contribution in [0.2, 0.25) is 0 Å². The number of benzene rings is 1. The van der Waals surface area contributed by atoms with Gasteiger partial charge in [0.2, 0.25) is 0 Å². The molecule has 0 heterocycles. The first kappa shape index (κ1) is 17.6. The van der Waals surface area contributed by atoms with Crippen molar-refractivity contribution in [2.75, 3.05) is 7.11 Å². The van der Waals surface area contributed by atoms with E-state index in [0.717, 1.165) is 18.4 Å². The van der Waals surface area contributed by atoms with Crippen molar-refractivity contribution in [2.24, 2.45) is 5.73 Å². The number of nitrogens with two attached hydrogens (primary N) is 1. The van der Waals surface area contributed by atoms with Crippen LogP contribution in [-0.4, -0.2) is 24.3 Å². The summed E-state index contributed by atoms with van der Waals surface area (Å²) in [5.41, 5.74) is 6.64. The first-order valence-electron chi connectivity index (χ1n) is 6.92. The molecule has 0 aromatic heterocycles. The summed E-state index contributed by atoms with van der Waals surface area (Å²) in [7, 11) is 1.59. The number of carboxylic acid groups (broad SMARTS) is 1. The number of carboxylic acids is 1. The predicted octanol–water partition coefficient (Wildman–Crippen LogP) is 2.91. The van der Waals surface area contributed by atoms with Crippen LogP contribution < -0.4 is 15.2 Å². The maximum absolute atomic E-state index is 10.7. The van der Waals surface area contributed by atoms with E-state index in [-0.39, 0.29) is 24.9 Å². The van der Waals surface area contributed by atoms with Crippen LogP contribution in [-0.2, 0) is 4.79 Å². The van der Waals surface area contributed by atoms with Gasteiger partial charge in [-0.3, -0.25) is 4.79 Å². The molecule has 2 rings (SSSR count). The van der Waals surface area contributed by atoms with Gasteiger partial charge in [-0.05, 0) is 43.4 Å². The Balaban J connectivity index is 0.00000220. The van der Waals surface area contributed by atoms with E-state index in [9.17, 15) is 4.79 Å². The SMILES string of the molecule is COc1ccc(C(N)CC(=O)O)cc1OC1CCCC1.Cl. The Kier molecular flexibility index (Phi) is 6.78. The molecule has 1 aromatic carbocycles. The number of halogens is 1. The summed E-state index contributed by atoms with van der Waals surface area (Å²) in [5.74, 6) is 0.396. The highest BCUT2D eigenvalue weighted by atomic mass is 35.5. The van der Waals surface area contributed by atoms with E-state index in [1.54, 1.807) is 25.3 Å². The fourth-order valence-corrected chi connectivity index (χ4v) is 2.51. The maximum Gasteiger partial charge on any atom is 0.305 e. The molecule has 1 aliphatic rings. The van der Waals surface area contributed by atoms with Crippen LogP contribution in [0.3, 0.4) is 0 Å². The molecule has 0 saturated heterocycles. The third-order valence-corrected chi connectivity index (χ3v) is 3.61. The number of aliphatic carboxylic acids is 1. The van der Waals surface area contributed by atoms with Crippen molar-refractivity contribution in [3.8, 4) is 11.5 Å². The molecule has 0 bridgehead atoms. The summed E-state index contributed by atoms with van der Waals surface area (Å²) in [6.45, 7) is 0. The Bertz CT molecular complexity index is 475. The molecule has 1 saturated carbocycles. The van der Waals surface area contributed by atoms with E-state index in [1.165, 1.54) is 12.8 Å². The van der Waals surface area contributed by atoms with Crippen molar-refractivity contribution in [2.45, 2.75) is 44.2 Å². The minimum Gasteiger partial charge on any atom is -0.493 e. The molecule has 0 aliphatic heterocycles. The largest absolute Gasteiger partial charge is 0.493 e. The molecule has 3 N–H and O–H groups in total. The Hall–Kier alpha value is -1.46. The van der Waals surface area contributed by atoms with Crippen molar-refractivity contribution in [3.63, 3.8) is 0 Å². The normalized spacial score (nSPS) is 16.1. The Morgan fingerprint density at radius 2 is 2.05 bits per heavy atom. The number of rotatable bonds is 6. The van der Waals surface area contributed by atoms with Crippen molar-refractivity contribution < 1.29 is 19.4 Å². The van der Waals surface area contributed by atoms with Gasteiger partial charge < -0.3 is 20.3 Å². The molecule has 118 valence electrons. The minimum atomic E-state index is -0.911. The Morgan fingerprint density at radius 1 is 1.38 bits per heavy atom. The fraction of sp³-hybridized carbons (Fsp3) is 0.533. The minimum absolute atomic E-state index is 0. The van der Waals surface area contributed by atoms with Crippen LogP contribution in [0.15, 0.2) is 18.2 Å². The number of methoxy groups -OCH3 is 1. The van der Waals surface area contributed by atoms with E-state index in [2.05, 4.69) is 0 Å². The molecule has 5 nitrogen and oxygen atoms in total. The summed E-state index contributed by atoms with van der Waals surface area (Å²) >= 11 is 0. The van der Waals surface area contributed by atoms with Crippen LogP contribution >= 0.6 is 12.4 Å². The number of carbonyl (C=O) groups is 1. The molecule has 0 amide bonds. The zero-order valence-corrected chi connectivity index (χ0v) is 12.9. The van der Waals surface area contributed by atoms with E-state index in [0.29, 0.717) is 11.5 Å². The number of ether oxygens (including phenoxy) is 2. The van der Waals surface area contributed by atoms with E-state index < -0.39 is 12.0 Å². The monoisotopic (exact) mass is 315 g/mol. The molecule has 1 atom stereocenters. The molecule has 1 fully saturated rings. The highest BCUT2D eigenvalue weighted by Gasteiger charge is 2.20. The molecular weight excluding hydrogens is 294 g/mol. The second-order valence-corrected chi connectivity index (χ2v) is 5.14. The van der Waals surface area contributed by atoms with Gasteiger partial charge in [0.15, 0.2) is 11.5 Å². The predicted molar refractivity (Wildman–Crippen MR) is 82.3 cm³/mol. The lowest BCUT2D eigenvalue weighted by atomic mass is 10.0. The summed E-state index contributed by atoms with van der Waals surface area (Å²) in [4.78, 5) is 10.7. The fourth-order valence-electron chi connectivity index (χ4n) is 2.51. The first-order valence-corrected chi connectivity index (χ1v) is 6.92.